The average molecular weight is 234 g/mol. The number of nitrogens with zero attached hydrogens (tertiary/aromatic N) is 4. The normalized spacial score (nSPS) is 10.1. The summed E-state index contributed by atoms with van der Waals surface area (Å²) in [7, 11) is 1.82. The maximum absolute atomic E-state index is 5.58. The predicted octanol–water partition coefficient (Wildman–Crippen LogP) is 0.588. The molecule has 0 bridgehead atoms. The molecule has 0 aliphatic carbocycles. The van der Waals surface area contributed by atoms with Gasteiger partial charge in [-0.15, -0.1) is 5.10 Å². The van der Waals surface area contributed by atoms with Crippen LogP contribution in [0.5, 0.6) is 0 Å². The van der Waals surface area contributed by atoms with E-state index in [1.807, 2.05) is 13.1 Å². The Labute approximate surface area is 97.5 Å². The highest BCUT2D eigenvalue weighted by molar-refractivity contribution is 7.80. The number of nitrogens with one attached hydrogen (secondary N) is 1. The highest BCUT2D eigenvalue weighted by Gasteiger charge is 2.08. The highest BCUT2D eigenvalue weighted by atomic mass is 32.1. The molecule has 2 rings (SSSR count). The summed E-state index contributed by atoms with van der Waals surface area (Å²) < 4.78 is 1.68. The molecule has 82 valence electrons. The summed E-state index contributed by atoms with van der Waals surface area (Å²) in [6.45, 7) is 0. The third-order valence-electron chi connectivity index (χ3n) is 2.05. The van der Waals surface area contributed by atoms with Gasteiger partial charge in [0.2, 0.25) is 0 Å². The average Bonchev–Trinajstić information content (AvgIpc) is 2.65. The van der Waals surface area contributed by atoms with Crippen molar-refractivity contribution in [1.29, 1.82) is 0 Å². The summed E-state index contributed by atoms with van der Waals surface area (Å²) in [6.07, 6.45) is 3.22. The molecule has 0 spiro atoms. The fraction of sp³-hybridized carbons (Fsp3) is 0.111. The highest BCUT2D eigenvalue weighted by Crippen LogP contribution is 2.16. The van der Waals surface area contributed by atoms with Crippen LogP contribution >= 0.6 is 12.2 Å². The van der Waals surface area contributed by atoms with Gasteiger partial charge in [-0.1, -0.05) is 12.2 Å². The first kappa shape index (κ1) is 10.5. The van der Waals surface area contributed by atoms with Crippen molar-refractivity contribution in [1.82, 2.24) is 20.0 Å². The van der Waals surface area contributed by atoms with Gasteiger partial charge in [0.15, 0.2) is 5.82 Å². The van der Waals surface area contributed by atoms with Crippen molar-refractivity contribution in [2.45, 2.75) is 0 Å². The lowest BCUT2D eigenvalue weighted by Gasteiger charge is -2.08. The molecule has 2 aromatic rings. The lowest BCUT2D eigenvalue weighted by Crippen LogP contribution is -2.14. The molecule has 0 saturated carbocycles. The van der Waals surface area contributed by atoms with Crippen molar-refractivity contribution >= 4 is 28.8 Å². The van der Waals surface area contributed by atoms with E-state index in [2.05, 4.69) is 20.6 Å². The van der Waals surface area contributed by atoms with Crippen molar-refractivity contribution in [3.8, 4) is 0 Å². The first-order chi connectivity index (χ1) is 7.68. The molecular weight excluding hydrogens is 224 g/mol. The number of nitrogens with two attached hydrogens (primary N) is 1. The molecule has 0 aromatic carbocycles. The molecule has 0 aliphatic rings. The van der Waals surface area contributed by atoms with E-state index >= 15 is 0 Å². The molecule has 0 atom stereocenters. The molecule has 2 heterocycles. The standard InChI is InChI=1S/C9H10N6S/c1-15-7(3-5-12-15)13-9-6(8(10)16)2-4-11-14-9/h2-5H,1H3,(H2,10,16)(H,13,14). The topological polar surface area (TPSA) is 81.7 Å². The molecule has 6 nitrogen and oxygen atoms in total. The molecule has 0 fully saturated rings. The van der Waals surface area contributed by atoms with Crippen molar-refractivity contribution in [2.24, 2.45) is 12.8 Å². The van der Waals surface area contributed by atoms with Gasteiger partial charge in [0.1, 0.15) is 10.8 Å². The summed E-state index contributed by atoms with van der Waals surface area (Å²) in [5.41, 5.74) is 6.24. The number of aromatic nitrogens is 4. The van der Waals surface area contributed by atoms with Gasteiger partial charge in [0, 0.05) is 13.1 Å². The van der Waals surface area contributed by atoms with Crippen LogP contribution in [0.4, 0.5) is 11.6 Å². The second-order valence-corrected chi connectivity index (χ2v) is 3.56. The quantitative estimate of drug-likeness (QED) is 0.756. The molecule has 0 unspecified atom stereocenters. The molecule has 0 aliphatic heterocycles. The molecule has 16 heavy (non-hydrogen) atoms. The first-order valence-corrected chi connectivity index (χ1v) is 4.96. The summed E-state index contributed by atoms with van der Waals surface area (Å²) in [5, 5.41) is 14.8. The minimum atomic E-state index is 0.277. The zero-order chi connectivity index (χ0) is 11.5. The van der Waals surface area contributed by atoms with E-state index in [1.54, 1.807) is 23.1 Å². The van der Waals surface area contributed by atoms with Crippen molar-refractivity contribution < 1.29 is 0 Å². The minimum absolute atomic E-state index is 0.277. The number of hydrogen-bond donors (Lipinski definition) is 2. The summed E-state index contributed by atoms with van der Waals surface area (Å²) >= 11 is 4.93. The largest absolute Gasteiger partial charge is 0.389 e. The van der Waals surface area contributed by atoms with E-state index in [0.29, 0.717) is 11.4 Å². The second-order valence-electron chi connectivity index (χ2n) is 3.12. The molecule has 0 saturated heterocycles. The number of hydrogen-bond acceptors (Lipinski definition) is 5. The Kier molecular flexibility index (Phi) is 2.78. The number of rotatable bonds is 3. The summed E-state index contributed by atoms with van der Waals surface area (Å²) in [5.74, 6) is 1.32. The first-order valence-electron chi connectivity index (χ1n) is 4.55. The Hall–Kier alpha value is -2.02. The third kappa shape index (κ3) is 1.98. The third-order valence-corrected chi connectivity index (χ3v) is 2.27. The maximum atomic E-state index is 5.58. The predicted molar refractivity (Wildman–Crippen MR) is 64.4 cm³/mol. The van der Waals surface area contributed by atoms with Crippen LogP contribution in [0.15, 0.2) is 24.5 Å². The molecule has 0 radical (unpaired) electrons. The smallest absolute Gasteiger partial charge is 0.164 e. The zero-order valence-electron chi connectivity index (χ0n) is 8.58. The van der Waals surface area contributed by atoms with E-state index in [9.17, 15) is 0 Å². The van der Waals surface area contributed by atoms with E-state index in [4.69, 9.17) is 18.0 Å². The molecule has 3 N–H and O–H groups in total. The fourth-order valence-electron chi connectivity index (χ4n) is 1.24. The summed E-state index contributed by atoms with van der Waals surface area (Å²) in [6, 6.07) is 3.53. The van der Waals surface area contributed by atoms with Gasteiger partial charge < -0.3 is 11.1 Å². The SMILES string of the molecule is Cn1nccc1Nc1nnccc1C(N)=S. The minimum Gasteiger partial charge on any atom is -0.389 e. The Morgan fingerprint density at radius 3 is 2.88 bits per heavy atom. The number of anilines is 2. The second kappa shape index (κ2) is 4.23. The van der Waals surface area contributed by atoms with Gasteiger partial charge in [0.05, 0.1) is 18.0 Å². The van der Waals surface area contributed by atoms with Gasteiger partial charge in [0.25, 0.3) is 0 Å². The van der Waals surface area contributed by atoms with Gasteiger partial charge in [-0.2, -0.15) is 10.2 Å². The maximum Gasteiger partial charge on any atom is 0.164 e. The molecule has 2 aromatic heterocycles. The van der Waals surface area contributed by atoms with E-state index in [0.717, 1.165) is 5.82 Å². The monoisotopic (exact) mass is 234 g/mol. The Morgan fingerprint density at radius 1 is 1.44 bits per heavy atom. The van der Waals surface area contributed by atoms with Gasteiger partial charge in [-0.25, -0.2) is 0 Å². The van der Waals surface area contributed by atoms with Crippen LogP contribution in [-0.2, 0) is 7.05 Å². The van der Waals surface area contributed by atoms with Gasteiger partial charge >= 0.3 is 0 Å². The van der Waals surface area contributed by atoms with E-state index in [-0.39, 0.29) is 4.99 Å². The lowest BCUT2D eigenvalue weighted by atomic mass is 10.3. The van der Waals surface area contributed by atoms with Crippen LogP contribution in [0.3, 0.4) is 0 Å². The number of aryl methyl sites for hydroxylation is 1. The van der Waals surface area contributed by atoms with Crippen LogP contribution < -0.4 is 11.1 Å². The van der Waals surface area contributed by atoms with Gasteiger partial charge in [-0.05, 0) is 6.07 Å². The number of thiocarbonyl (C=S) groups is 1. The van der Waals surface area contributed by atoms with Crippen molar-refractivity contribution in [2.75, 3.05) is 5.32 Å². The lowest BCUT2D eigenvalue weighted by molar-refractivity contribution is 0.775. The Balaban J connectivity index is 2.35. The molecular formula is C9H10N6S. The molecule has 0 amide bonds. The van der Waals surface area contributed by atoms with Crippen LogP contribution in [0.25, 0.3) is 0 Å². The zero-order valence-corrected chi connectivity index (χ0v) is 9.40. The van der Waals surface area contributed by atoms with Crippen LogP contribution in [0.2, 0.25) is 0 Å². The van der Waals surface area contributed by atoms with Crippen LogP contribution in [-0.4, -0.2) is 25.0 Å². The van der Waals surface area contributed by atoms with Crippen molar-refractivity contribution in [3.63, 3.8) is 0 Å². The van der Waals surface area contributed by atoms with E-state index in [1.165, 1.54) is 0 Å². The van der Waals surface area contributed by atoms with Crippen LogP contribution in [0.1, 0.15) is 5.56 Å². The summed E-state index contributed by atoms with van der Waals surface area (Å²) in [4.78, 5) is 0.277. The molecule has 7 heteroatoms. The van der Waals surface area contributed by atoms with Gasteiger partial charge in [-0.3, -0.25) is 4.68 Å². The Morgan fingerprint density at radius 2 is 2.25 bits per heavy atom. The van der Waals surface area contributed by atoms with Crippen LogP contribution in [0, 0.1) is 0 Å². The fourth-order valence-corrected chi connectivity index (χ4v) is 1.41. The Bertz CT molecular complexity index is 520. The van der Waals surface area contributed by atoms with Crippen molar-refractivity contribution in [3.05, 3.63) is 30.1 Å². The van der Waals surface area contributed by atoms with E-state index < -0.39 is 0 Å².